The Hall–Kier alpha value is -1.94. The fourth-order valence-corrected chi connectivity index (χ4v) is 13.3. The van der Waals surface area contributed by atoms with E-state index in [1.807, 2.05) is 0 Å². The summed E-state index contributed by atoms with van der Waals surface area (Å²) in [5.41, 5.74) is 0. The van der Waals surface area contributed by atoms with Gasteiger partial charge < -0.3 is 33.8 Å². The molecule has 0 aliphatic carbocycles. The van der Waals surface area contributed by atoms with E-state index in [9.17, 15) is 43.2 Å². The number of phosphoric ester groups is 2. The average molecular weight is 1410 g/mol. The first-order valence-corrected chi connectivity index (χ1v) is 42.9. The van der Waals surface area contributed by atoms with Gasteiger partial charge >= 0.3 is 39.5 Å². The minimum absolute atomic E-state index is 0.106. The highest BCUT2D eigenvalue weighted by Crippen LogP contribution is 2.45. The molecule has 0 fully saturated rings. The van der Waals surface area contributed by atoms with Crippen LogP contribution in [0.4, 0.5) is 0 Å². The third-order valence-corrected chi connectivity index (χ3v) is 20.1. The molecule has 96 heavy (non-hydrogen) atoms. The van der Waals surface area contributed by atoms with E-state index >= 15 is 0 Å². The van der Waals surface area contributed by atoms with E-state index in [1.54, 1.807) is 0 Å². The highest BCUT2D eigenvalue weighted by atomic mass is 31.2. The monoisotopic (exact) mass is 1410 g/mol. The fourth-order valence-electron chi connectivity index (χ4n) is 11.7. The molecule has 0 heterocycles. The van der Waals surface area contributed by atoms with Gasteiger partial charge in [0.1, 0.15) is 19.3 Å². The molecular weight excluding hydrogens is 1260 g/mol. The lowest BCUT2D eigenvalue weighted by molar-refractivity contribution is -0.161. The minimum Gasteiger partial charge on any atom is -0.462 e. The number of carbonyl (C=O) groups is 4. The van der Waals surface area contributed by atoms with Gasteiger partial charge in [-0.15, -0.1) is 0 Å². The summed E-state index contributed by atoms with van der Waals surface area (Å²) >= 11 is 0. The molecule has 0 saturated carbocycles. The molecule has 0 aliphatic rings. The summed E-state index contributed by atoms with van der Waals surface area (Å²) in [5, 5.41) is 10.6. The number of rotatable bonds is 75. The van der Waals surface area contributed by atoms with Crippen LogP contribution < -0.4 is 0 Å². The Morgan fingerprint density at radius 1 is 0.302 bits per heavy atom. The number of hydrogen-bond donors (Lipinski definition) is 3. The summed E-state index contributed by atoms with van der Waals surface area (Å²) in [6.45, 7) is 12.0. The third kappa shape index (κ3) is 69.2. The van der Waals surface area contributed by atoms with Crippen LogP contribution in [-0.2, 0) is 65.4 Å². The predicted molar refractivity (Wildman–Crippen MR) is 391 cm³/mol. The van der Waals surface area contributed by atoms with Crippen molar-refractivity contribution in [3.05, 3.63) is 0 Å². The first-order valence-electron chi connectivity index (χ1n) is 39.9. The van der Waals surface area contributed by atoms with Crippen LogP contribution in [0.3, 0.4) is 0 Å². The Morgan fingerprint density at radius 3 is 0.792 bits per heavy atom. The maximum atomic E-state index is 13.1. The molecule has 0 amide bonds. The molecular formula is C77H150O17P2. The quantitative estimate of drug-likeness (QED) is 0.0222. The zero-order valence-corrected chi connectivity index (χ0v) is 64.6. The number of phosphoric acid groups is 2. The number of carbonyl (C=O) groups excluding carboxylic acids is 4. The van der Waals surface area contributed by atoms with Crippen LogP contribution in [-0.4, -0.2) is 96.7 Å². The van der Waals surface area contributed by atoms with Crippen molar-refractivity contribution in [2.45, 2.75) is 414 Å². The standard InChI is InChI=1S/C77H150O17P2/c1-8-10-11-12-13-14-20-30-37-44-51-58-74(79)87-64-73(94-77(82)61-54-47-40-33-26-25-29-36-43-50-57-70(7)9-2)67-92-96(85,86)90-63-71(78)62-89-95(83,84)91-66-72(65-88-75(80)59-52-45-38-31-23-19-18-22-28-35-42-49-56-69(5)6)93-76(81)60-53-46-39-32-24-17-15-16-21-27-34-41-48-55-68(3)4/h68-73,78H,8-67H2,1-7H3,(H,83,84)(H,85,86)/t70?,71-,72-,73-/m1/s1. The molecule has 0 saturated heterocycles. The zero-order chi connectivity index (χ0) is 70.9. The predicted octanol–water partition coefficient (Wildman–Crippen LogP) is 22.6. The summed E-state index contributed by atoms with van der Waals surface area (Å²) in [5.74, 6) is 0.257. The molecule has 0 rings (SSSR count). The van der Waals surface area contributed by atoms with E-state index in [0.717, 1.165) is 108 Å². The number of aliphatic hydroxyl groups excluding tert-OH is 1. The van der Waals surface area contributed by atoms with Crippen LogP contribution in [0.15, 0.2) is 0 Å². The van der Waals surface area contributed by atoms with Gasteiger partial charge in [-0.05, 0) is 43.4 Å². The summed E-state index contributed by atoms with van der Waals surface area (Å²) < 4.78 is 68.6. The molecule has 0 aromatic rings. The Kier molecular flexibility index (Phi) is 66.2. The summed E-state index contributed by atoms with van der Waals surface area (Å²) in [7, 11) is -9.91. The van der Waals surface area contributed by atoms with Crippen LogP contribution in [0, 0.1) is 17.8 Å². The molecule has 19 heteroatoms. The highest BCUT2D eigenvalue weighted by Gasteiger charge is 2.30. The van der Waals surface area contributed by atoms with Gasteiger partial charge in [-0.3, -0.25) is 37.3 Å². The third-order valence-electron chi connectivity index (χ3n) is 18.2. The first-order chi connectivity index (χ1) is 46.3. The second kappa shape index (κ2) is 67.5. The Bertz CT molecular complexity index is 1870. The second-order valence-corrected chi connectivity index (χ2v) is 31.8. The summed E-state index contributed by atoms with van der Waals surface area (Å²) in [6.07, 6.45) is 53.9. The van der Waals surface area contributed by atoms with Crippen molar-refractivity contribution in [1.82, 2.24) is 0 Å². The summed E-state index contributed by atoms with van der Waals surface area (Å²) in [6, 6.07) is 0. The summed E-state index contributed by atoms with van der Waals surface area (Å²) in [4.78, 5) is 72.9. The maximum absolute atomic E-state index is 13.1. The Balaban J connectivity index is 5.27. The van der Waals surface area contributed by atoms with Gasteiger partial charge in [-0.2, -0.15) is 0 Å². The number of esters is 4. The van der Waals surface area contributed by atoms with E-state index in [4.69, 9.17) is 37.0 Å². The van der Waals surface area contributed by atoms with E-state index < -0.39 is 97.5 Å². The van der Waals surface area contributed by atoms with Crippen LogP contribution in [0.1, 0.15) is 395 Å². The molecule has 0 spiro atoms. The number of hydrogen-bond acceptors (Lipinski definition) is 15. The van der Waals surface area contributed by atoms with Gasteiger partial charge in [0.15, 0.2) is 12.2 Å². The number of unbranched alkanes of at least 4 members (excludes halogenated alkanes) is 42. The topological polar surface area (TPSA) is 237 Å². The lowest BCUT2D eigenvalue weighted by Crippen LogP contribution is -2.30. The molecule has 3 N–H and O–H groups in total. The Morgan fingerprint density at radius 2 is 0.531 bits per heavy atom. The van der Waals surface area contributed by atoms with Gasteiger partial charge in [-0.25, -0.2) is 9.13 Å². The van der Waals surface area contributed by atoms with E-state index in [-0.39, 0.29) is 25.7 Å². The van der Waals surface area contributed by atoms with Gasteiger partial charge in [0.25, 0.3) is 0 Å². The van der Waals surface area contributed by atoms with Crippen molar-refractivity contribution in [1.29, 1.82) is 0 Å². The lowest BCUT2D eigenvalue weighted by Gasteiger charge is -2.21. The first kappa shape index (κ1) is 94.1. The van der Waals surface area contributed by atoms with Crippen LogP contribution >= 0.6 is 15.6 Å². The normalized spacial score (nSPS) is 14.3. The molecule has 17 nitrogen and oxygen atoms in total. The number of aliphatic hydroxyl groups is 1. The van der Waals surface area contributed by atoms with Crippen molar-refractivity contribution in [3.8, 4) is 0 Å². The highest BCUT2D eigenvalue weighted by molar-refractivity contribution is 7.47. The van der Waals surface area contributed by atoms with Crippen molar-refractivity contribution in [3.63, 3.8) is 0 Å². The van der Waals surface area contributed by atoms with Crippen LogP contribution in [0.25, 0.3) is 0 Å². The lowest BCUT2D eigenvalue weighted by atomic mass is 9.99. The van der Waals surface area contributed by atoms with Gasteiger partial charge in [0.05, 0.1) is 26.4 Å². The molecule has 3 unspecified atom stereocenters. The zero-order valence-electron chi connectivity index (χ0n) is 62.8. The SMILES string of the molecule is CCCCCCCCCCCCCC(=O)OC[C@H](COP(=O)(O)OC[C@H](O)COP(=O)(O)OC[C@@H](COC(=O)CCCCCCCCCCCCCCC(C)C)OC(=O)CCCCCCCCCCCCCCCC(C)C)OC(=O)CCCCCCCCCCCCC(C)CC. The van der Waals surface area contributed by atoms with Crippen molar-refractivity contribution < 1.29 is 80.2 Å². The Labute approximate surface area is 588 Å². The second-order valence-electron chi connectivity index (χ2n) is 28.9. The molecule has 6 atom stereocenters. The average Bonchev–Trinajstić information content (AvgIpc) is 1.18. The van der Waals surface area contributed by atoms with Gasteiger partial charge in [0.2, 0.25) is 0 Å². The molecule has 0 aromatic heterocycles. The van der Waals surface area contributed by atoms with Gasteiger partial charge in [-0.1, -0.05) is 344 Å². The van der Waals surface area contributed by atoms with Crippen molar-refractivity contribution in [2.24, 2.45) is 17.8 Å². The smallest absolute Gasteiger partial charge is 0.462 e. The van der Waals surface area contributed by atoms with Crippen LogP contribution in [0.5, 0.6) is 0 Å². The number of ether oxygens (including phenoxy) is 4. The maximum Gasteiger partial charge on any atom is 0.472 e. The molecule has 0 bridgehead atoms. The molecule has 0 radical (unpaired) electrons. The van der Waals surface area contributed by atoms with Crippen LogP contribution in [0.2, 0.25) is 0 Å². The van der Waals surface area contributed by atoms with Crippen molar-refractivity contribution >= 4 is 39.5 Å². The molecule has 570 valence electrons. The molecule has 0 aromatic carbocycles. The van der Waals surface area contributed by atoms with Gasteiger partial charge in [0, 0.05) is 25.7 Å². The van der Waals surface area contributed by atoms with Crippen molar-refractivity contribution in [2.75, 3.05) is 39.6 Å². The fraction of sp³-hybridized carbons (Fsp3) is 0.948. The minimum atomic E-state index is -4.96. The van der Waals surface area contributed by atoms with E-state index in [2.05, 4.69) is 48.5 Å². The largest absolute Gasteiger partial charge is 0.472 e. The molecule has 0 aliphatic heterocycles. The van der Waals surface area contributed by atoms with E-state index in [1.165, 1.54) is 205 Å². The van der Waals surface area contributed by atoms with E-state index in [0.29, 0.717) is 25.7 Å².